The van der Waals surface area contributed by atoms with Gasteiger partial charge in [0.1, 0.15) is 5.01 Å². The highest BCUT2D eigenvalue weighted by molar-refractivity contribution is 7.89. The van der Waals surface area contributed by atoms with Gasteiger partial charge in [0.25, 0.3) is 15.9 Å². The van der Waals surface area contributed by atoms with E-state index in [2.05, 4.69) is 15.2 Å². The van der Waals surface area contributed by atoms with Crippen molar-refractivity contribution in [2.75, 3.05) is 0 Å². The minimum atomic E-state index is -3.81. The molecule has 2 aromatic carbocycles. The van der Waals surface area contributed by atoms with Gasteiger partial charge in [-0.3, -0.25) is 10.2 Å². The summed E-state index contributed by atoms with van der Waals surface area (Å²) in [6.45, 7) is 0. The molecule has 0 fully saturated rings. The number of hydrazine groups is 1. The second-order valence-corrected chi connectivity index (χ2v) is 7.37. The van der Waals surface area contributed by atoms with Crippen LogP contribution in [0.5, 0.6) is 0 Å². The zero-order valence-electron chi connectivity index (χ0n) is 12.3. The smallest absolute Gasteiger partial charge is 0.266 e. The Kier molecular flexibility index (Phi) is 4.70. The van der Waals surface area contributed by atoms with Gasteiger partial charge in [0, 0.05) is 22.7 Å². The molecular formula is C16H13N3O3S2. The van der Waals surface area contributed by atoms with Gasteiger partial charge in [-0.1, -0.05) is 30.3 Å². The van der Waals surface area contributed by atoms with Crippen molar-refractivity contribution >= 4 is 27.3 Å². The van der Waals surface area contributed by atoms with Crippen molar-refractivity contribution in [1.82, 2.24) is 15.2 Å². The molecule has 8 heteroatoms. The Hall–Kier alpha value is -2.55. The number of carbonyl (C=O) groups is 1. The first kappa shape index (κ1) is 16.3. The molecular weight excluding hydrogens is 346 g/mol. The SMILES string of the molecule is O=C(NNS(=O)(=O)c1ccccc1)c1cccc(-c2nccs2)c1. The molecule has 0 radical (unpaired) electrons. The largest absolute Gasteiger partial charge is 0.273 e. The number of benzene rings is 2. The average molecular weight is 359 g/mol. The Morgan fingerprint density at radius 1 is 1.04 bits per heavy atom. The van der Waals surface area contributed by atoms with Crippen molar-refractivity contribution in [3.05, 3.63) is 71.7 Å². The molecule has 1 amide bonds. The van der Waals surface area contributed by atoms with Gasteiger partial charge in [-0.05, 0) is 24.3 Å². The fraction of sp³-hybridized carbons (Fsp3) is 0. The number of rotatable bonds is 5. The van der Waals surface area contributed by atoms with E-state index in [4.69, 9.17) is 0 Å². The van der Waals surface area contributed by atoms with Crippen molar-refractivity contribution in [3.63, 3.8) is 0 Å². The topological polar surface area (TPSA) is 88.2 Å². The summed E-state index contributed by atoms with van der Waals surface area (Å²) < 4.78 is 24.2. The molecule has 0 atom stereocenters. The number of amides is 1. The molecule has 122 valence electrons. The molecule has 6 nitrogen and oxygen atoms in total. The third kappa shape index (κ3) is 3.67. The summed E-state index contributed by atoms with van der Waals surface area (Å²) in [4.78, 5) is 18.5. The van der Waals surface area contributed by atoms with Crippen LogP contribution in [0.25, 0.3) is 10.6 Å². The molecule has 0 unspecified atom stereocenters. The maximum Gasteiger partial charge on any atom is 0.266 e. The van der Waals surface area contributed by atoms with Crippen molar-refractivity contribution in [3.8, 4) is 10.6 Å². The van der Waals surface area contributed by atoms with Gasteiger partial charge < -0.3 is 0 Å². The lowest BCUT2D eigenvalue weighted by Crippen LogP contribution is -2.41. The third-order valence-corrected chi connectivity index (χ3v) is 5.24. The lowest BCUT2D eigenvalue weighted by atomic mass is 10.1. The summed E-state index contributed by atoms with van der Waals surface area (Å²) in [5, 5.41) is 2.63. The standard InChI is InChI=1S/C16H13N3O3S2/c20-15(18-19-24(21,22)14-7-2-1-3-8-14)12-5-4-6-13(11-12)16-17-9-10-23-16/h1-11,19H,(H,18,20). The second-order valence-electron chi connectivity index (χ2n) is 4.79. The third-order valence-electron chi connectivity index (χ3n) is 3.16. The van der Waals surface area contributed by atoms with E-state index in [9.17, 15) is 13.2 Å². The number of hydrogen-bond acceptors (Lipinski definition) is 5. The Bertz CT molecular complexity index is 940. The second kappa shape index (κ2) is 6.91. The monoisotopic (exact) mass is 359 g/mol. The minimum Gasteiger partial charge on any atom is -0.273 e. The molecule has 0 aliphatic heterocycles. The predicted molar refractivity (Wildman–Crippen MR) is 91.8 cm³/mol. The van der Waals surface area contributed by atoms with Crippen LogP contribution < -0.4 is 10.3 Å². The van der Waals surface area contributed by atoms with Crippen LogP contribution in [0.15, 0.2) is 71.1 Å². The molecule has 0 saturated heterocycles. The normalized spacial score (nSPS) is 11.2. The van der Waals surface area contributed by atoms with Crippen LogP contribution in [-0.2, 0) is 10.0 Å². The highest BCUT2D eigenvalue weighted by atomic mass is 32.2. The van der Waals surface area contributed by atoms with Crippen LogP contribution >= 0.6 is 11.3 Å². The summed E-state index contributed by atoms with van der Waals surface area (Å²) in [6, 6.07) is 14.6. The fourth-order valence-electron chi connectivity index (χ4n) is 2.00. The first-order chi connectivity index (χ1) is 11.6. The summed E-state index contributed by atoms with van der Waals surface area (Å²) in [6.07, 6.45) is 1.68. The number of carbonyl (C=O) groups excluding carboxylic acids is 1. The molecule has 3 aromatic rings. The van der Waals surface area contributed by atoms with Gasteiger partial charge in [-0.2, -0.15) is 0 Å². The highest BCUT2D eigenvalue weighted by Crippen LogP contribution is 2.22. The highest BCUT2D eigenvalue weighted by Gasteiger charge is 2.15. The Balaban J connectivity index is 1.73. The van der Waals surface area contributed by atoms with Gasteiger partial charge in [-0.25, -0.2) is 13.4 Å². The molecule has 0 aliphatic carbocycles. The zero-order chi connectivity index (χ0) is 17.0. The van der Waals surface area contributed by atoms with Crippen LogP contribution in [0.3, 0.4) is 0 Å². The molecule has 0 saturated carbocycles. The summed E-state index contributed by atoms with van der Waals surface area (Å²) in [5.74, 6) is -0.548. The summed E-state index contributed by atoms with van der Waals surface area (Å²) in [7, 11) is -3.81. The first-order valence-corrected chi connectivity index (χ1v) is 9.30. The summed E-state index contributed by atoms with van der Waals surface area (Å²) in [5.41, 5.74) is 3.34. The van der Waals surface area contributed by atoms with Crippen LogP contribution in [0, 0.1) is 0 Å². The molecule has 0 spiro atoms. The lowest BCUT2D eigenvalue weighted by Gasteiger charge is -2.09. The minimum absolute atomic E-state index is 0.0711. The van der Waals surface area contributed by atoms with Crippen LogP contribution in [0.4, 0.5) is 0 Å². The Morgan fingerprint density at radius 2 is 1.83 bits per heavy atom. The number of nitrogens with zero attached hydrogens (tertiary/aromatic N) is 1. The van der Waals surface area contributed by atoms with Crippen LogP contribution in [0.2, 0.25) is 0 Å². The number of hydrogen-bond donors (Lipinski definition) is 2. The number of aromatic nitrogens is 1. The molecule has 3 rings (SSSR count). The molecule has 1 aromatic heterocycles. The predicted octanol–water partition coefficient (Wildman–Crippen LogP) is 2.43. The zero-order valence-corrected chi connectivity index (χ0v) is 14.0. The number of nitrogens with one attached hydrogen (secondary N) is 2. The van der Waals surface area contributed by atoms with Crippen molar-refractivity contribution in [2.24, 2.45) is 0 Å². The quantitative estimate of drug-likeness (QED) is 0.685. The first-order valence-electron chi connectivity index (χ1n) is 6.93. The number of thiazole rings is 1. The fourth-order valence-corrected chi connectivity index (χ4v) is 3.50. The van der Waals surface area contributed by atoms with E-state index >= 15 is 0 Å². The van der Waals surface area contributed by atoms with Gasteiger partial charge in [0.05, 0.1) is 4.90 Å². The van der Waals surface area contributed by atoms with Gasteiger partial charge in [-0.15, -0.1) is 16.2 Å². The van der Waals surface area contributed by atoms with E-state index in [-0.39, 0.29) is 4.90 Å². The Morgan fingerprint density at radius 3 is 2.54 bits per heavy atom. The van der Waals surface area contributed by atoms with Crippen LogP contribution in [0.1, 0.15) is 10.4 Å². The molecule has 24 heavy (non-hydrogen) atoms. The maximum atomic E-state index is 12.2. The molecule has 0 bridgehead atoms. The van der Waals surface area contributed by atoms with Gasteiger partial charge in [0.2, 0.25) is 0 Å². The van der Waals surface area contributed by atoms with E-state index in [0.29, 0.717) is 5.56 Å². The lowest BCUT2D eigenvalue weighted by molar-refractivity contribution is 0.0945. The van der Waals surface area contributed by atoms with Crippen LogP contribution in [-0.4, -0.2) is 19.3 Å². The number of sulfonamides is 1. The Labute approximate surface area is 143 Å². The molecule has 1 heterocycles. The van der Waals surface area contributed by atoms with Crippen molar-refractivity contribution in [2.45, 2.75) is 4.90 Å². The van der Waals surface area contributed by atoms with E-state index in [1.165, 1.54) is 23.5 Å². The van der Waals surface area contributed by atoms with Crippen molar-refractivity contribution in [1.29, 1.82) is 0 Å². The van der Waals surface area contributed by atoms with E-state index in [1.54, 1.807) is 42.6 Å². The van der Waals surface area contributed by atoms with E-state index in [1.807, 2.05) is 11.4 Å². The summed E-state index contributed by atoms with van der Waals surface area (Å²) >= 11 is 1.46. The van der Waals surface area contributed by atoms with Gasteiger partial charge >= 0.3 is 0 Å². The molecule has 0 aliphatic rings. The maximum absolute atomic E-state index is 12.2. The molecule has 2 N–H and O–H groups in total. The van der Waals surface area contributed by atoms with Crippen molar-refractivity contribution < 1.29 is 13.2 Å². The average Bonchev–Trinajstić information content (AvgIpc) is 3.15. The van der Waals surface area contributed by atoms with E-state index < -0.39 is 15.9 Å². The van der Waals surface area contributed by atoms with E-state index in [0.717, 1.165) is 10.6 Å². The van der Waals surface area contributed by atoms with Gasteiger partial charge in [0.15, 0.2) is 0 Å².